The molecule has 0 N–H and O–H groups in total. The average molecular weight is 462 g/mol. The van der Waals surface area contributed by atoms with Crippen molar-refractivity contribution in [3.63, 3.8) is 0 Å². The maximum atomic E-state index is 12.8. The molecule has 0 radical (unpaired) electrons. The summed E-state index contributed by atoms with van der Waals surface area (Å²) in [5, 5.41) is -0.934. The van der Waals surface area contributed by atoms with E-state index in [4.69, 9.17) is 21.1 Å². The van der Waals surface area contributed by atoms with Gasteiger partial charge in [0.2, 0.25) is 5.78 Å². The van der Waals surface area contributed by atoms with Gasteiger partial charge in [-0.1, -0.05) is 42.5 Å². The second-order valence-electron chi connectivity index (χ2n) is 7.56. The van der Waals surface area contributed by atoms with Gasteiger partial charge in [0, 0.05) is 24.8 Å². The second-order valence-corrected chi connectivity index (χ2v) is 7.99. The lowest BCUT2D eigenvalue weighted by molar-refractivity contribution is -0.134. The van der Waals surface area contributed by atoms with Gasteiger partial charge in [0.15, 0.2) is 11.1 Å². The maximum absolute atomic E-state index is 12.8. The van der Waals surface area contributed by atoms with Crippen LogP contribution in [-0.4, -0.2) is 24.8 Å². The molecule has 1 atom stereocenters. The summed E-state index contributed by atoms with van der Waals surface area (Å²) in [6.07, 6.45) is 1.71. The Kier molecular flexibility index (Phi) is 6.80. The normalized spacial score (nSPS) is 14.5. The summed E-state index contributed by atoms with van der Waals surface area (Å²) in [5.41, 5.74) is 3.06. The number of carbonyl (C=O) groups excluding carboxylic acids is 2. The lowest BCUT2D eigenvalue weighted by Crippen LogP contribution is -2.21. The minimum atomic E-state index is -0.934. The van der Waals surface area contributed by atoms with Gasteiger partial charge in [-0.2, -0.15) is 0 Å². The summed E-state index contributed by atoms with van der Waals surface area (Å²) in [6.45, 7) is 6.08. The molecule has 0 bridgehead atoms. The molecular formula is C27H24ClNO4. The van der Waals surface area contributed by atoms with Gasteiger partial charge in [0.05, 0.1) is 5.56 Å². The number of nitrogens with zero attached hydrogens (tertiary/aromatic N) is 1. The van der Waals surface area contributed by atoms with Crippen molar-refractivity contribution >= 4 is 35.1 Å². The highest BCUT2D eigenvalue weighted by molar-refractivity contribution is 6.30. The van der Waals surface area contributed by atoms with Crippen molar-refractivity contribution in [1.29, 1.82) is 0 Å². The highest BCUT2D eigenvalue weighted by Crippen LogP contribution is 2.35. The molecule has 0 aromatic heterocycles. The first-order valence-electron chi connectivity index (χ1n) is 10.8. The fourth-order valence-corrected chi connectivity index (χ4v) is 3.87. The number of halogens is 1. The predicted molar refractivity (Wildman–Crippen MR) is 130 cm³/mol. The van der Waals surface area contributed by atoms with Crippen molar-refractivity contribution in [2.75, 3.05) is 18.0 Å². The van der Waals surface area contributed by atoms with Gasteiger partial charge in [0.25, 0.3) is 0 Å². The van der Waals surface area contributed by atoms with Crippen molar-refractivity contribution in [3.8, 4) is 11.5 Å². The Morgan fingerprint density at radius 3 is 2.39 bits per heavy atom. The van der Waals surface area contributed by atoms with E-state index < -0.39 is 11.3 Å². The Bertz CT molecular complexity index is 1180. The standard InChI is InChI=1S/C27H24ClNO4/c1-3-29(4-2)20-12-10-18(11-13-20)16-24-26(30)22-15-14-21(17-23(22)33-24)32-27(31)25(28)19-8-6-5-7-9-19/h5-17,25H,3-4H2,1-2H3/b24-16-. The van der Waals surface area contributed by atoms with E-state index in [1.54, 1.807) is 42.5 Å². The van der Waals surface area contributed by atoms with E-state index in [-0.39, 0.29) is 17.3 Å². The smallest absolute Gasteiger partial charge is 0.334 e. The number of alkyl halides is 1. The summed E-state index contributed by atoms with van der Waals surface area (Å²) in [4.78, 5) is 27.4. The molecule has 168 valence electrons. The lowest BCUT2D eigenvalue weighted by Gasteiger charge is -2.20. The summed E-state index contributed by atoms with van der Waals surface area (Å²) < 4.78 is 11.2. The number of anilines is 1. The molecule has 3 aromatic rings. The van der Waals surface area contributed by atoms with Gasteiger partial charge in [-0.3, -0.25) is 4.79 Å². The quantitative estimate of drug-likeness (QED) is 0.186. The van der Waals surface area contributed by atoms with E-state index >= 15 is 0 Å². The fourth-order valence-electron chi connectivity index (χ4n) is 3.68. The largest absolute Gasteiger partial charge is 0.452 e. The van der Waals surface area contributed by atoms with E-state index in [0.717, 1.165) is 24.3 Å². The van der Waals surface area contributed by atoms with Crippen molar-refractivity contribution in [2.45, 2.75) is 19.2 Å². The van der Waals surface area contributed by atoms with Crippen LogP contribution in [0.15, 0.2) is 78.6 Å². The molecule has 1 heterocycles. The zero-order valence-electron chi connectivity index (χ0n) is 18.5. The molecule has 0 spiro atoms. The molecule has 6 heteroatoms. The summed E-state index contributed by atoms with van der Waals surface area (Å²) in [7, 11) is 0. The molecule has 0 saturated heterocycles. The first-order chi connectivity index (χ1) is 16.0. The molecule has 1 aliphatic rings. The Morgan fingerprint density at radius 1 is 1.03 bits per heavy atom. The predicted octanol–water partition coefficient (Wildman–Crippen LogP) is 6.03. The number of hydrogen-bond donors (Lipinski definition) is 0. The zero-order chi connectivity index (χ0) is 23.4. The molecular weight excluding hydrogens is 438 g/mol. The molecule has 0 aliphatic carbocycles. The molecule has 0 amide bonds. The highest BCUT2D eigenvalue weighted by Gasteiger charge is 2.28. The Balaban J connectivity index is 1.48. The van der Waals surface area contributed by atoms with Crippen LogP contribution in [0.25, 0.3) is 6.08 Å². The monoisotopic (exact) mass is 461 g/mol. The molecule has 33 heavy (non-hydrogen) atoms. The van der Waals surface area contributed by atoms with Crippen molar-refractivity contribution < 1.29 is 19.1 Å². The van der Waals surface area contributed by atoms with E-state index in [9.17, 15) is 9.59 Å². The highest BCUT2D eigenvalue weighted by atomic mass is 35.5. The number of ether oxygens (including phenoxy) is 2. The SMILES string of the molecule is CCN(CC)c1ccc(/C=C2\Oc3cc(OC(=O)C(Cl)c4ccccc4)ccc3C2=O)cc1. The molecule has 1 unspecified atom stereocenters. The number of benzene rings is 3. The van der Waals surface area contributed by atoms with Crippen LogP contribution in [0.4, 0.5) is 5.69 Å². The van der Waals surface area contributed by atoms with Crippen molar-refractivity contribution in [3.05, 3.63) is 95.2 Å². The summed E-state index contributed by atoms with van der Waals surface area (Å²) >= 11 is 6.24. The second kappa shape index (κ2) is 9.92. The van der Waals surface area contributed by atoms with Gasteiger partial charge in [-0.25, -0.2) is 4.79 Å². The van der Waals surface area contributed by atoms with Crippen LogP contribution in [0.1, 0.15) is 40.7 Å². The van der Waals surface area contributed by atoms with Crippen LogP contribution < -0.4 is 14.4 Å². The van der Waals surface area contributed by atoms with Crippen LogP contribution >= 0.6 is 11.6 Å². The maximum Gasteiger partial charge on any atom is 0.334 e. The number of carbonyl (C=O) groups is 2. The van der Waals surface area contributed by atoms with Crippen molar-refractivity contribution in [2.24, 2.45) is 0 Å². The minimum Gasteiger partial charge on any atom is -0.452 e. The van der Waals surface area contributed by atoms with Gasteiger partial charge < -0.3 is 14.4 Å². The zero-order valence-corrected chi connectivity index (χ0v) is 19.2. The first kappa shape index (κ1) is 22.6. The number of hydrogen-bond acceptors (Lipinski definition) is 5. The Morgan fingerprint density at radius 2 is 1.73 bits per heavy atom. The Hall–Kier alpha value is -3.57. The van der Waals surface area contributed by atoms with Crippen LogP contribution in [-0.2, 0) is 4.79 Å². The molecule has 0 fully saturated rings. The number of rotatable bonds is 7. The van der Waals surface area contributed by atoms with Crippen LogP contribution in [0.3, 0.4) is 0 Å². The molecule has 1 aliphatic heterocycles. The van der Waals surface area contributed by atoms with Crippen LogP contribution in [0.5, 0.6) is 11.5 Å². The third-order valence-corrected chi connectivity index (χ3v) is 5.91. The number of Topliss-reactive ketones (excluding diaryl/α,β-unsaturated/α-hetero) is 1. The third kappa shape index (κ3) is 4.94. The van der Waals surface area contributed by atoms with Crippen LogP contribution in [0.2, 0.25) is 0 Å². The van der Waals surface area contributed by atoms with E-state index in [1.807, 2.05) is 30.3 Å². The van der Waals surface area contributed by atoms with Gasteiger partial charge >= 0.3 is 5.97 Å². The van der Waals surface area contributed by atoms with E-state index in [2.05, 4.69) is 18.7 Å². The summed E-state index contributed by atoms with van der Waals surface area (Å²) in [5.74, 6) is 0.0232. The first-order valence-corrected chi connectivity index (χ1v) is 11.3. The third-order valence-electron chi connectivity index (χ3n) is 5.48. The van der Waals surface area contributed by atoms with Gasteiger partial charge in [-0.15, -0.1) is 11.6 Å². The molecule has 3 aromatic carbocycles. The van der Waals surface area contributed by atoms with Gasteiger partial charge in [0.1, 0.15) is 11.5 Å². The number of ketones is 1. The average Bonchev–Trinajstić information content (AvgIpc) is 3.15. The molecule has 5 nitrogen and oxygen atoms in total. The number of esters is 1. The van der Waals surface area contributed by atoms with E-state index in [0.29, 0.717) is 16.9 Å². The minimum absolute atomic E-state index is 0.213. The van der Waals surface area contributed by atoms with Crippen molar-refractivity contribution in [1.82, 2.24) is 0 Å². The fraction of sp³-hybridized carbons (Fsp3) is 0.185. The molecule has 0 saturated carbocycles. The van der Waals surface area contributed by atoms with E-state index in [1.165, 1.54) is 6.07 Å². The summed E-state index contributed by atoms with van der Waals surface area (Å²) in [6, 6.07) is 21.6. The van der Waals surface area contributed by atoms with Gasteiger partial charge in [-0.05, 0) is 55.3 Å². The number of fused-ring (bicyclic) bond motifs is 1. The lowest BCUT2D eigenvalue weighted by atomic mass is 10.1. The molecule has 4 rings (SSSR count). The topological polar surface area (TPSA) is 55.8 Å². The Labute approximate surface area is 198 Å². The number of allylic oxidation sites excluding steroid dienone is 1. The van der Waals surface area contributed by atoms with Crippen LogP contribution in [0, 0.1) is 0 Å².